The Bertz CT molecular complexity index is 1670. The Morgan fingerprint density at radius 2 is 1.38 bits per heavy atom. The van der Waals surface area contributed by atoms with Crippen molar-refractivity contribution in [3.05, 3.63) is 113 Å². The van der Waals surface area contributed by atoms with E-state index in [1.165, 1.54) is 17.0 Å². The molecule has 204 valence electrons. The first-order chi connectivity index (χ1) is 18.3. The van der Waals surface area contributed by atoms with Gasteiger partial charge in [0.15, 0.2) is 5.71 Å². The summed E-state index contributed by atoms with van der Waals surface area (Å²) in [6, 6.07) is 25.3. The second-order valence-electron chi connectivity index (χ2n) is 8.74. The van der Waals surface area contributed by atoms with Gasteiger partial charge in [0.25, 0.3) is 10.1 Å². The summed E-state index contributed by atoms with van der Waals surface area (Å²) >= 11 is 0. The number of fused-ring (bicyclic) bond motifs is 2. The summed E-state index contributed by atoms with van der Waals surface area (Å²) in [5.41, 5.74) is 1.67. The van der Waals surface area contributed by atoms with E-state index in [0.29, 0.717) is 16.5 Å². The molecule has 5 rings (SSSR count). The normalized spacial score (nSPS) is 11.9. The molecule has 0 radical (unpaired) electrons. The Kier molecular flexibility index (Phi) is 9.15. The van der Waals surface area contributed by atoms with Crippen LogP contribution in [0.2, 0.25) is 0 Å². The third-order valence-corrected chi connectivity index (χ3v) is 6.68. The van der Waals surface area contributed by atoms with E-state index >= 15 is 0 Å². The number of rotatable bonds is 2. The lowest BCUT2D eigenvalue weighted by atomic mass is 9.96. The van der Waals surface area contributed by atoms with Gasteiger partial charge in [0, 0.05) is 22.7 Å². The van der Waals surface area contributed by atoms with Gasteiger partial charge in [-0.25, -0.2) is 0 Å². The molecule has 0 atom stereocenters. The van der Waals surface area contributed by atoms with Crippen LogP contribution in [-0.2, 0) is 10.1 Å². The molecule has 0 unspecified atom stereocenters. The highest BCUT2D eigenvalue weighted by Crippen LogP contribution is 2.27. The van der Waals surface area contributed by atoms with Crippen molar-refractivity contribution in [2.24, 2.45) is 5.16 Å². The fourth-order valence-electron chi connectivity index (χ4n) is 4.22. The third kappa shape index (κ3) is 7.46. The van der Waals surface area contributed by atoms with Gasteiger partial charge < -0.3 is 10.2 Å². The highest BCUT2D eigenvalue weighted by atomic mass is 32.2. The number of oxime groups is 1. The summed E-state index contributed by atoms with van der Waals surface area (Å²) in [5.74, 6) is 0. The Labute approximate surface area is 224 Å². The molecular formula is C29H27F3N2O4S. The lowest BCUT2D eigenvalue weighted by Gasteiger charge is -2.14. The number of para-hydroxylation sites is 1. The number of alkyl halides is 3. The van der Waals surface area contributed by atoms with Gasteiger partial charge in [0.2, 0.25) is 0 Å². The molecule has 1 aromatic heterocycles. The number of H-pyrrole nitrogens is 1. The molecular weight excluding hydrogens is 529 g/mol. The van der Waals surface area contributed by atoms with E-state index in [0.717, 1.165) is 10.9 Å². The zero-order valence-electron chi connectivity index (χ0n) is 21.4. The number of aryl methyl sites for hydroxylation is 3. The van der Waals surface area contributed by atoms with Gasteiger partial charge in [-0.05, 0) is 60.9 Å². The van der Waals surface area contributed by atoms with Crippen LogP contribution in [0.3, 0.4) is 0 Å². The zero-order valence-corrected chi connectivity index (χ0v) is 22.2. The van der Waals surface area contributed by atoms with E-state index in [1.54, 1.807) is 63.2 Å². The molecule has 0 amide bonds. The number of nitrogens with one attached hydrogen (secondary N) is 1. The van der Waals surface area contributed by atoms with Gasteiger partial charge in [0.1, 0.15) is 4.90 Å². The van der Waals surface area contributed by atoms with Gasteiger partial charge in [-0.3, -0.25) is 4.55 Å². The number of nitrogens with zero attached hydrogens (tertiary/aromatic N) is 1. The van der Waals surface area contributed by atoms with Crippen LogP contribution in [0.25, 0.3) is 21.7 Å². The van der Waals surface area contributed by atoms with Crippen molar-refractivity contribution in [1.29, 1.82) is 0 Å². The van der Waals surface area contributed by atoms with Gasteiger partial charge in [-0.1, -0.05) is 77.4 Å². The summed E-state index contributed by atoms with van der Waals surface area (Å²) in [4.78, 5) is 3.07. The van der Waals surface area contributed by atoms with Crippen molar-refractivity contribution in [3.8, 4) is 0 Å². The molecule has 0 aliphatic heterocycles. The molecule has 10 heteroatoms. The number of benzene rings is 4. The molecule has 0 aliphatic rings. The van der Waals surface area contributed by atoms with Crippen LogP contribution in [0, 0.1) is 20.8 Å². The summed E-state index contributed by atoms with van der Waals surface area (Å²) in [5, 5.41) is 13.5. The summed E-state index contributed by atoms with van der Waals surface area (Å²) in [6.45, 7) is 4.92. The SMILES string of the molecule is Cc1cc(C)c(C(=NO)C(F)(F)F)c(C)c1.O=S(=O)(O)c1cccc2ccccc12.c1ccc2[nH]ccc2c1. The molecule has 0 saturated carbocycles. The maximum atomic E-state index is 12.6. The summed E-state index contributed by atoms with van der Waals surface area (Å²) in [6.07, 6.45) is -2.70. The smallest absolute Gasteiger partial charge is 0.410 e. The van der Waals surface area contributed by atoms with Crippen LogP contribution in [0.15, 0.2) is 101 Å². The van der Waals surface area contributed by atoms with Gasteiger partial charge in [-0.15, -0.1) is 0 Å². The molecule has 0 aliphatic carbocycles. The predicted octanol–water partition coefficient (Wildman–Crippen LogP) is 7.61. The van der Waals surface area contributed by atoms with Gasteiger partial charge in [-0.2, -0.15) is 21.6 Å². The van der Waals surface area contributed by atoms with E-state index in [1.807, 2.05) is 24.4 Å². The average molecular weight is 557 g/mol. The number of halogens is 3. The number of hydrogen-bond donors (Lipinski definition) is 3. The minimum Gasteiger partial charge on any atom is -0.410 e. The number of hydrogen-bond acceptors (Lipinski definition) is 4. The minimum atomic E-state index is -4.65. The first-order valence-corrected chi connectivity index (χ1v) is 13.1. The molecule has 1 heterocycles. The van der Waals surface area contributed by atoms with Crippen LogP contribution in [-0.4, -0.2) is 35.0 Å². The van der Waals surface area contributed by atoms with Crippen LogP contribution < -0.4 is 0 Å². The first-order valence-electron chi connectivity index (χ1n) is 11.7. The van der Waals surface area contributed by atoms with E-state index in [4.69, 9.17) is 9.76 Å². The molecule has 6 nitrogen and oxygen atoms in total. The summed E-state index contributed by atoms with van der Waals surface area (Å²) in [7, 11) is -4.13. The zero-order chi connectivity index (χ0) is 28.8. The van der Waals surface area contributed by atoms with E-state index in [9.17, 15) is 21.6 Å². The van der Waals surface area contributed by atoms with E-state index < -0.39 is 22.0 Å². The average Bonchev–Trinajstić information content (AvgIpc) is 3.34. The maximum Gasteiger partial charge on any atom is 0.437 e. The van der Waals surface area contributed by atoms with Crippen LogP contribution >= 0.6 is 0 Å². The third-order valence-electron chi connectivity index (χ3n) is 5.77. The predicted molar refractivity (Wildman–Crippen MR) is 147 cm³/mol. The first kappa shape index (κ1) is 29.4. The van der Waals surface area contributed by atoms with Crippen molar-refractivity contribution in [1.82, 2.24) is 4.98 Å². The molecule has 0 bridgehead atoms. The molecule has 5 aromatic rings. The Morgan fingerprint density at radius 3 is 1.95 bits per heavy atom. The monoisotopic (exact) mass is 556 g/mol. The van der Waals surface area contributed by atoms with Gasteiger partial charge in [0.05, 0.1) is 0 Å². The highest BCUT2D eigenvalue weighted by molar-refractivity contribution is 7.86. The lowest BCUT2D eigenvalue weighted by Crippen LogP contribution is -2.26. The van der Waals surface area contributed by atoms with Crippen LogP contribution in [0.4, 0.5) is 13.2 Å². The van der Waals surface area contributed by atoms with Crippen LogP contribution in [0.5, 0.6) is 0 Å². The van der Waals surface area contributed by atoms with Crippen molar-refractivity contribution in [2.75, 3.05) is 0 Å². The van der Waals surface area contributed by atoms with E-state index in [2.05, 4.69) is 28.3 Å². The minimum absolute atomic E-state index is 0.0457. The standard InChI is InChI=1S/C11H12F3NO.C10H8O3S.C8H7N/c1-6-4-7(2)9(8(3)5-6)10(15-16)11(12,13)14;11-14(12,13)10-7-3-5-8-4-1-2-6-9(8)10;1-2-4-8-7(3-1)5-6-9-8/h4-5,16H,1-3H3;1-7H,(H,11,12,13);1-6,9H. The quantitative estimate of drug-likeness (QED) is 0.0901. The summed E-state index contributed by atoms with van der Waals surface area (Å²) < 4.78 is 68.7. The molecule has 4 aromatic carbocycles. The largest absolute Gasteiger partial charge is 0.437 e. The number of aromatic nitrogens is 1. The van der Waals surface area contributed by atoms with Crippen molar-refractivity contribution >= 4 is 37.5 Å². The Morgan fingerprint density at radius 1 is 0.821 bits per heavy atom. The maximum absolute atomic E-state index is 12.6. The van der Waals surface area contributed by atoms with Crippen molar-refractivity contribution in [2.45, 2.75) is 31.8 Å². The number of aromatic amines is 1. The Balaban J connectivity index is 0.000000167. The lowest BCUT2D eigenvalue weighted by molar-refractivity contribution is -0.0601. The fourth-order valence-corrected chi connectivity index (χ4v) is 4.93. The van der Waals surface area contributed by atoms with Crippen molar-refractivity contribution in [3.63, 3.8) is 0 Å². The van der Waals surface area contributed by atoms with E-state index in [-0.39, 0.29) is 10.5 Å². The highest BCUT2D eigenvalue weighted by Gasteiger charge is 2.39. The van der Waals surface area contributed by atoms with Crippen LogP contribution in [0.1, 0.15) is 22.3 Å². The molecule has 0 spiro atoms. The fraction of sp³-hybridized carbons (Fsp3) is 0.138. The second kappa shape index (κ2) is 12.1. The Hall–Kier alpha value is -4.15. The molecule has 0 fully saturated rings. The second-order valence-corrected chi connectivity index (χ2v) is 10.1. The van der Waals surface area contributed by atoms with Gasteiger partial charge >= 0.3 is 6.18 Å². The molecule has 3 N–H and O–H groups in total. The topological polar surface area (TPSA) is 103 Å². The molecule has 39 heavy (non-hydrogen) atoms. The van der Waals surface area contributed by atoms with Crippen molar-refractivity contribution < 1.29 is 31.3 Å². The molecule has 0 saturated heterocycles.